The van der Waals surface area contributed by atoms with Gasteiger partial charge >= 0.3 is 0 Å². The van der Waals surface area contributed by atoms with Gasteiger partial charge in [0, 0.05) is 0 Å². The van der Waals surface area contributed by atoms with Crippen molar-refractivity contribution in [3.63, 3.8) is 0 Å². The zero-order valence-electron chi connectivity index (χ0n) is 17.7. The lowest BCUT2D eigenvalue weighted by Gasteiger charge is -2.18. The maximum Gasteiger partial charge on any atom is 0.294 e. The molecule has 0 radical (unpaired) electrons. The van der Waals surface area contributed by atoms with E-state index in [1.807, 2.05) is 19.9 Å². The highest BCUT2D eigenvalue weighted by Crippen LogP contribution is 2.36. The van der Waals surface area contributed by atoms with E-state index in [9.17, 15) is 13.0 Å². The summed E-state index contributed by atoms with van der Waals surface area (Å²) < 4.78 is 33.3. The summed E-state index contributed by atoms with van der Waals surface area (Å²) >= 11 is 0. The van der Waals surface area contributed by atoms with Gasteiger partial charge in [0.15, 0.2) is 0 Å². The number of aryl methyl sites for hydroxylation is 6. The van der Waals surface area contributed by atoms with Gasteiger partial charge in [-0.2, -0.15) is 8.42 Å². The van der Waals surface area contributed by atoms with Gasteiger partial charge in [-0.1, -0.05) is 18.2 Å². The third kappa shape index (κ3) is 4.16. The molecule has 0 aliphatic carbocycles. The van der Waals surface area contributed by atoms with Crippen LogP contribution < -0.4 is 5.30 Å². The number of benzene rings is 3. The summed E-state index contributed by atoms with van der Waals surface area (Å²) in [6, 6.07) is 12.0. The lowest BCUT2D eigenvalue weighted by Crippen LogP contribution is -2.03. The van der Waals surface area contributed by atoms with E-state index in [0.29, 0.717) is 5.56 Å². The van der Waals surface area contributed by atoms with E-state index in [-0.39, 0.29) is 4.90 Å². The lowest BCUT2D eigenvalue weighted by atomic mass is 9.88. The maximum atomic E-state index is 11.8. The fraction of sp³-hybridized carbons (Fsp3) is 0.250. The summed E-state index contributed by atoms with van der Waals surface area (Å²) in [7, 11) is -1.49. The van der Waals surface area contributed by atoms with Gasteiger partial charge in [-0.3, -0.25) is 4.55 Å². The summed E-state index contributed by atoms with van der Waals surface area (Å²) in [5.74, 6) is 0. The van der Waals surface area contributed by atoms with Crippen molar-refractivity contribution in [3.05, 3.63) is 69.8 Å². The van der Waals surface area contributed by atoms with Crippen LogP contribution in [0, 0.1) is 41.5 Å². The van der Waals surface area contributed by atoms with E-state index >= 15 is 0 Å². The van der Waals surface area contributed by atoms with Crippen molar-refractivity contribution in [1.82, 2.24) is 0 Å². The molecule has 0 saturated carbocycles. The average Bonchev–Trinajstić information content (AvgIpc) is 2.58. The van der Waals surface area contributed by atoms with Crippen LogP contribution in [0.1, 0.15) is 33.4 Å². The zero-order valence-corrected chi connectivity index (χ0v) is 19.7. The first-order chi connectivity index (χ1) is 13.4. The van der Waals surface area contributed by atoms with Gasteiger partial charge in [0.2, 0.25) is 0 Å². The third-order valence-electron chi connectivity index (χ3n) is 5.56. The van der Waals surface area contributed by atoms with Crippen LogP contribution in [0.25, 0.3) is 22.3 Å². The van der Waals surface area contributed by atoms with Gasteiger partial charge in [0.1, 0.15) is 0 Å². The Bertz CT molecular complexity index is 1240. The third-order valence-corrected chi connectivity index (χ3v) is 7.18. The largest absolute Gasteiger partial charge is 0.294 e. The predicted octanol–water partition coefficient (Wildman–Crippen LogP) is 5.62. The molecule has 3 rings (SSSR count). The Morgan fingerprint density at radius 1 is 0.586 bits per heavy atom. The molecule has 0 fully saturated rings. The first-order valence-electron chi connectivity index (χ1n) is 9.47. The van der Waals surface area contributed by atoms with Crippen molar-refractivity contribution in [2.75, 3.05) is 0 Å². The summed E-state index contributed by atoms with van der Waals surface area (Å²) in [6.45, 7) is 12.0. The molecule has 0 aliphatic rings. The molecule has 152 valence electrons. The molecule has 0 aromatic heterocycles. The molecule has 3 aromatic carbocycles. The molecule has 5 heteroatoms. The normalized spacial score (nSPS) is 11.7. The molecule has 0 spiro atoms. The van der Waals surface area contributed by atoms with Crippen molar-refractivity contribution in [3.8, 4) is 22.3 Å². The van der Waals surface area contributed by atoms with Crippen molar-refractivity contribution < 1.29 is 13.0 Å². The van der Waals surface area contributed by atoms with Crippen LogP contribution >= 0.6 is 9.24 Å². The van der Waals surface area contributed by atoms with Crippen LogP contribution in [0.2, 0.25) is 0 Å². The Hall–Kier alpha value is -2.00. The summed E-state index contributed by atoms with van der Waals surface area (Å²) in [6.07, 6.45) is 0. The topological polar surface area (TPSA) is 54.4 Å². The van der Waals surface area contributed by atoms with Crippen LogP contribution in [0.4, 0.5) is 0 Å². The van der Waals surface area contributed by atoms with Gasteiger partial charge in [0.05, 0.1) is 4.90 Å². The monoisotopic (exact) mass is 426 g/mol. The molecule has 3 nitrogen and oxygen atoms in total. The summed E-state index contributed by atoms with van der Waals surface area (Å²) in [5, 5.41) is 1.16. The SMILES string of the molecule is Cc1cc(C)c(-c2cc(-c3cc(S(=O)(=O)O)c(C)cc3C)c(C)cc2C)cc1P. The molecule has 0 saturated heterocycles. The minimum Gasteiger partial charge on any atom is -0.282 e. The molecule has 0 bridgehead atoms. The van der Waals surface area contributed by atoms with Crippen molar-refractivity contribution >= 4 is 24.7 Å². The smallest absolute Gasteiger partial charge is 0.282 e. The number of rotatable bonds is 3. The predicted molar refractivity (Wildman–Crippen MR) is 125 cm³/mol. The van der Waals surface area contributed by atoms with Crippen LogP contribution in [-0.4, -0.2) is 13.0 Å². The highest BCUT2D eigenvalue weighted by molar-refractivity contribution is 7.85. The van der Waals surface area contributed by atoms with Gasteiger partial charge in [-0.15, -0.1) is 9.24 Å². The van der Waals surface area contributed by atoms with Crippen LogP contribution in [0.15, 0.2) is 41.3 Å². The average molecular weight is 427 g/mol. The minimum absolute atomic E-state index is 0.0432. The highest BCUT2D eigenvalue weighted by atomic mass is 32.2. The maximum absolute atomic E-state index is 11.8. The first-order valence-corrected chi connectivity index (χ1v) is 11.5. The Balaban J connectivity index is 2.32. The molecule has 0 heterocycles. The Kier molecular flexibility index (Phi) is 5.75. The van der Waals surface area contributed by atoms with E-state index < -0.39 is 10.1 Å². The second-order valence-electron chi connectivity index (χ2n) is 7.91. The van der Waals surface area contributed by atoms with Crippen molar-refractivity contribution in [1.29, 1.82) is 0 Å². The van der Waals surface area contributed by atoms with Crippen LogP contribution in [0.5, 0.6) is 0 Å². The van der Waals surface area contributed by atoms with Gasteiger partial charge in [-0.25, -0.2) is 0 Å². The van der Waals surface area contributed by atoms with Gasteiger partial charge < -0.3 is 0 Å². The standard InChI is InChI=1S/C24H27O3PS/c1-13-7-14(2)20(10-19(13)21-11-23(28)17(5)8-15(21)3)22-12-24(29(25,26)27)18(6)9-16(22)4/h7-12H,28H2,1-6H3,(H,25,26,27). The summed E-state index contributed by atoms with van der Waals surface area (Å²) in [4.78, 5) is -0.0432. The van der Waals surface area contributed by atoms with Crippen molar-refractivity contribution in [2.45, 2.75) is 46.4 Å². The second kappa shape index (κ2) is 7.68. The Labute approximate surface area is 176 Å². The molecule has 1 N–H and O–H groups in total. The second-order valence-corrected chi connectivity index (χ2v) is 9.93. The number of hydrogen-bond donors (Lipinski definition) is 1. The van der Waals surface area contributed by atoms with E-state index in [2.05, 4.69) is 54.3 Å². The fourth-order valence-corrected chi connectivity index (χ4v) is 4.97. The molecule has 3 aromatic rings. The molecule has 1 unspecified atom stereocenters. The Morgan fingerprint density at radius 2 is 0.966 bits per heavy atom. The fourth-order valence-electron chi connectivity index (χ4n) is 3.99. The van der Waals surface area contributed by atoms with E-state index in [1.165, 1.54) is 22.3 Å². The van der Waals surface area contributed by atoms with Crippen LogP contribution in [0.3, 0.4) is 0 Å². The van der Waals surface area contributed by atoms with Gasteiger partial charge in [-0.05, 0) is 121 Å². The Morgan fingerprint density at radius 3 is 1.45 bits per heavy atom. The zero-order chi connectivity index (χ0) is 21.7. The van der Waals surface area contributed by atoms with E-state index in [1.54, 1.807) is 13.0 Å². The molecular weight excluding hydrogens is 399 g/mol. The molecule has 29 heavy (non-hydrogen) atoms. The molecule has 0 aliphatic heterocycles. The molecule has 0 amide bonds. The highest BCUT2D eigenvalue weighted by Gasteiger charge is 2.18. The number of hydrogen-bond acceptors (Lipinski definition) is 2. The molecular formula is C24H27O3PS. The van der Waals surface area contributed by atoms with Crippen molar-refractivity contribution in [2.24, 2.45) is 0 Å². The lowest BCUT2D eigenvalue weighted by molar-refractivity contribution is 0.482. The van der Waals surface area contributed by atoms with Gasteiger partial charge in [0.25, 0.3) is 10.1 Å². The molecule has 1 atom stereocenters. The van der Waals surface area contributed by atoms with Crippen LogP contribution in [-0.2, 0) is 10.1 Å². The minimum atomic E-state index is -4.28. The summed E-state index contributed by atoms with van der Waals surface area (Å²) in [5.41, 5.74) is 10.3. The van der Waals surface area contributed by atoms with E-state index in [4.69, 9.17) is 0 Å². The van der Waals surface area contributed by atoms with E-state index in [0.717, 1.165) is 33.1 Å². The first kappa shape index (κ1) is 21.7. The quantitative estimate of drug-likeness (QED) is 0.437.